The average Bonchev–Trinajstić information content (AvgIpc) is 3.00. The monoisotopic (exact) mass is 286 g/mol. The van der Waals surface area contributed by atoms with E-state index < -0.39 is 0 Å². The van der Waals surface area contributed by atoms with Crippen molar-refractivity contribution >= 4 is 5.91 Å². The van der Waals surface area contributed by atoms with Gasteiger partial charge in [-0.15, -0.1) is 0 Å². The maximum Gasteiger partial charge on any atom is 0.223 e. The van der Waals surface area contributed by atoms with Crippen LogP contribution in [-0.4, -0.2) is 53.9 Å². The molecule has 0 aliphatic carbocycles. The number of amides is 1. The molecule has 1 unspecified atom stereocenters. The van der Waals surface area contributed by atoms with E-state index in [2.05, 4.69) is 22.0 Å². The van der Waals surface area contributed by atoms with Crippen LogP contribution < -0.4 is 0 Å². The van der Waals surface area contributed by atoms with E-state index >= 15 is 0 Å². The molecular weight excluding hydrogens is 264 g/mol. The van der Waals surface area contributed by atoms with Gasteiger partial charge < -0.3 is 9.80 Å². The van der Waals surface area contributed by atoms with Crippen LogP contribution in [0.1, 0.15) is 30.9 Å². The average molecular weight is 286 g/mol. The second-order valence-electron chi connectivity index (χ2n) is 5.51. The van der Waals surface area contributed by atoms with E-state index in [0.29, 0.717) is 25.3 Å². The van der Waals surface area contributed by atoms with Crippen LogP contribution in [0.2, 0.25) is 0 Å². The van der Waals surface area contributed by atoms with Crippen molar-refractivity contribution in [2.24, 2.45) is 0 Å². The summed E-state index contributed by atoms with van der Waals surface area (Å²) in [6, 6.07) is 8.10. The number of hydrogen-bond acceptors (Lipinski definition) is 4. The van der Waals surface area contributed by atoms with Crippen molar-refractivity contribution in [3.05, 3.63) is 30.1 Å². The number of nitrogens with zero attached hydrogens (tertiary/aromatic N) is 4. The van der Waals surface area contributed by atoms with Crippen molar-refractivity contribution in [2.75, 3.05) is 33.2 Å². The molecule has 2 rings (SSSR count). The number of pyridine rings is 1. The van der Waals surface area contributed by atoms with Gasteiger partial charge in [-0.05, 0) is 25.1 Å². The summed E-state index contributed by atoms with van der Waals surface area (Å²) in [5.74, 6) is 0.601. The second-order valence-corrected chi connectivity index (χ2v) is 5.51. The van der Waals surface area contributed by atoms with Crippen molar-refractivity contribution in [1.29, 1.82) is 5.26 Å². The predicted molar refractivity (Wildman–Crippen MR) is 80.5 cm³/mol. The van der Waals surface area contributed by atoms with Crippen LogP contribution in [0, 0.1) is 11.3 Å². The third kappa shape index (κ3) is 4.54. The zero-order valence-corrected chi connectivity index (χ0v) is 12.5. The van der Waals surface area contributed by atoms with E-state index in [4.69, 9.17) is 5.26 Å². The summed E-state index contributed by atoms with van der Waals surface area (Å²) >= 11 is 0. The van der Waals surface area contributed by atoms with Crippen molar-refractivity contribution in [3.8, 4) is 6.07 Å². The van der Waals surface area contributed by atoms with Crippen LogP contribution in [0.15, 0.2) is 24.4 Å². The number of carbonyl (C=O) groups is 1. The van der Waals surface area contributed by atoms with Gasteiger partial charge in [0.25, 0.3) is 0 Å². The molecule has 1 aliphatic heterocycles. The normalized spacial score (nSPS) is 18.4. The number of rotatable bonds is 6. The van der Waals surface area contributed by atoms with Gasteiger partial charge in [0.2, 0.25) is 5.91 Å². The van der Waals surface area contributed by atoms with Gasteiger partial charge in [-0.25, -0.2) is 0 Å². The third-order valence-electron chi connectivity index (χ3n) is 4.01. The van der Waals surface area contributed by atoms with E-state index in [1.807, 2.05) is 18.3 Å². The Morgan fingerprint density at radius 3 is 3.14 bits per heavy atom. The number of carbonyl (C=O) groups excluding carboxylic acids is 1. The van der Waals surface area contributed by atoms with Crippen LogP contribution in [0.25, 0.3) is 0 Å². The van der Waals surface area contributed by atoms with Gasteiger partial charge in [0.15, 0.2) is 0 Å². The molecule has 0 bridgehead atoms. The minimum absolute atomic E-state index is 0.117. The van der Waals surface area contributed by atoms with Gasteiger partial charge in [0, 0.05) is 50.9 Å². The minimum Gasteiger partial charge on any atom is -0.345 e. The maximum absolute atomic E-state index is 11.9. The van der Waals surface area contributed by atoms with E-state index in [0.717, 1.165) is 31.7 Å². The predicted octanol–water partition coefficient (Wildman–Crippen LogP) is 1.63. The Kier molecular flexibility index (Phi) is 5.70. The molecule has 1 saturated heterocycles. The van der Waals surface area contributed by atoms with E-state index in [-0.39, 0.29) is 5.91 Å². The highest BCUT2D eigenvalue weighted by atomic mass is 16.2. The van der Waals surface area contributed by atoms with Gasteiger partial charge >= 0.3 is 0 Å². The first-order chi connectivity index (χ1) is 10.2. The lowest BCUT2D eigenvalue weighted by Crippen LogP contribution is -2.31. The van der Waals surface area contributed by atoms with Crippen molar-refractivity contribution in [1.82, 2.24) is 14.8 Å². The highest BCUT2D eigenvalue weighted by molar-refractivity contribution is 5.76. The Morgan fingerprint density at radius 1 is 1.57 bits per heavy atom. The molecule has 2 heterocycles. The van der Waals surface area contributed by atoms with Gasteiger partial charge in [0.1, 0.15) is 0 Å². The van der Waals surface area contributed by atoms with Crippen LogP contribution >= 0.6 is 0 Å². The first-order valence-electron chi connectivity index (χ1n) is 7.45. The molecule has 1 aromatic heterocycles. The van der Waals surface area contributed by atoms with E-state index in [9.17, 15) is 4.79 Å². The number of hydrogen-bond donors (Lipinski definition) is 0. The lowest BCUT2D eigenvalue weighted by molar-refractivity contribution is -0.130. The smallest absolute Gasteiger partial charge is 0.223 e. The summed E-state index contributed by atoms with van der Waals surface area (Å²) in [4.78, 5) is 20.3. The number of aromatic nitrogens is 1. The van der Waals surface area contributed by atoms with E-state index in [1.165, 1.54) is 0 Å². The zero-order valence-electron chi connectivity index (χ0n) is 12.5. The molecule has 0 spiro atoms. The summed E-state index contributed by atoms with van der Waals surface area (Å²) in [6.07, 6.45) is 3.87. The Balaban J connectivity index is 1.73. The fraction of sp³-hybridized carbons (Fsp3) is 0.562. The summed E-state index contributed by atoms with van der Waals surface area (Å²) < 4.78 is 0. The third-order valence-corrected chi connectivity index (χ3v) is 4.01. The molecule has 1 atom stereocenters. The molecule has 0 radical (unpaired) electrons. The standard InChI is InChI=1S/C16H22N4O/c1-19(10-4-8-17)16(21)7-12-20-11-6-14(13-20)15-5-2-3-9-18-15/h2-3,5,9,14H,4,6-7,10-13H2,1H3. The summed E-state index contributed by atoms with van der Waals surface area (Å²) in [5.41, 5.74) is 1.15. The molecular formula is C16H22N4O. The molecule has 1 aliphatic rings. The number of likely N-dealkylation sites (tertiary alicyclic amines) is 1. The lowest BCUT2D eigenvalue weighted by atomic mass is 10.0. The van der Waals surface area contributed by atoms with Gasteiger partial charge in [0.05, 0.1) is 12.5 Å². The molecule has 112 valence electrons. The van der Waals surface area contributed by atoms with Crippen LogP contribution in [0.4, 0.5) is 0 Å². The topological polar surface area (TPSA) is 60.2 Å². The van der Waals surface area contributed by atoms with Crippen LogP contribution in [-0.2, 0) is 4.79 Å². The van der Waals surface area contributed by atoms with Crippen molar-refractivity contribution < 1.29 is 4.79 Å². The quantitative estimate of drug-likeness (QED) is 0.797. The fourth-order valence-electron chi connectivity index (χ4n) is 2.68. The second kappa shape index (κ2) is 7.75. The maximum atomic E-state index is 11.9. The highest BCUT2D eigenvalue weighted by Crippen LogP contribution is 2.25. The molecule has 0 saturated carbocycles. The first kappa shape index (κ1) is 15.5. The number of nitriles is 1. The fourth-order valence-corrected chi connectivity index (χ4v) is 2.68. The molecule has 1 aromatic rings. The molecule has 0 N–H and O–H groups in total. The van der Waals surface area contributed by atoms with E-state index in [1.54, 1.807) is 11.9 Å². The Hall–Kier alpha value is -1.93. The Labute approximate surface area is 126 Å². The molecule has 0 aromatic carbocycles. The first-order valence-corrected chi connectivity index (χ1v) is 7.45. The Bertz CT molecular complexity index is 497. The van der Waals surface area contributed by atoms with Crippen LogP contribution in [0.5, 0.6) is 0 Å². The van der Waals surface area contributed by atoms with Gasteiger partial charge in [-0.3, -0.25) is 9.78 Å². The summed E-state index contributed by atoms with van der Waals surface area (Å²) in [7, 11) is 1.76. The Morgan fingerprint density at radius 2 is 2.43 bits per heavy atom. The van der Waals surface area contributed by atoms with Gasteiger partial charge in [-0.2, -0.15) is 5.26 Å². The molecule has 5 heteroatoms. The SMILES string of the molecule is CN(CCC#N)C(=O)CCN1CCC(c2ccccn2)C1. The zero-order chi connectivity index (χ0) is 15.1. The summed E-state index contributed by atoms with van der Waals surface area (Å²) in [5, 5.41) is 8.53. The van der Waals surface area contributed by atoms with Crippen LogP contribution in [0.3, 0.4) is 0 Å². The lowest BCUT2D eigenvalue weighted by Gasteiger charge is -2.19. The minimum atomic E-state index is 0.117. The molecule has 21 heavy (non-hydrogen) atoms. The highest BCUT2D eigenvalue weighted by Gasteiger charge is 2.25. The molecule has 1 fully saturated rings. The van der Waals surface area contributed by atoms with Crippen molar-refractivity contribution in [3.63, 3.8) is 0 Å². The van der Waals surface area contributed by atoms with Crippen molar-refractivity contribution in [2.45, 2.75) is 25.2 Å². The molecule has 5 nitrogen and oxygen atoms in total. The largest absolute Gasteiger partial charge is 0.345 e. The van der Waals surface area contributed by atoms with Gasteiger partial charge in [-0.1, -0.05) is 6.07 Å². The summed E-state index contributed by atoms with van der Waals surface area (Å²) in [6.45, 7) is 3.31. The molecule has 1 amide bonds.